The highest BCUT2D eigenvalue weighted by molar-refractivity contribution is 7.99. The molecule has 0 saturated heterocycles. The van der Waals surface area contributed by atoms with Gasteiger partial charge in [0.05, 0.1) is 10.7 Å². The highest BCUT2D eigenvalue weighted by Crippen LogP contribution is 2.34. The average molecular weight is 313 g/mol. The molecule has 20 heavy (non-hydrogen) atoms. The zero-order valence-corrected chi connectivity index (χ0v) is 15.3. The number of aryl methyl sites for hydroxylation is 1. The zero-order chi connectivity index (χ0) is 14.9. The van der Waals surface area contributed by atoms with E-state index in [-0.39, 0.29) is 5.41 Å². The van der Waals surface area contributed by atoms with E-state index in [1.165, 1.54) is 34.8 Å². The molecule has 4 heteroatoms. The van der Waals surface area contributed by atoms with Crippen LogP contribution < -0.4 is 5.32 Å². The fourth-order valence-corrected chi connectivity index (χ4v) is 4.80. The van der Waals surface area contributed by atoms with Crippen molar-refractivity contribution in [2.75, 3.05) is 6.26 Å². The van der Waals surface area contributed by atoms with Crippen molar-refractivity contribution in [3.05, 3.63) is 15.6 Å². The molecule has 3 atom stereocenters. The van der Waals surface area contributed by atoms with Gasteiger partial charge in [-0.1, -0.05) is 20.8 Å². The summed E-state index contributed by atoms with van der Waals surface area (Å²) in [5.41, 5.74) is 1.37. The summed E-state index contributed by atoms with van der Waals surface area (Å²) in [6.45, 7) is 11.2. The molecule has 0 unspecified atom stereocenters. The molecular weight excluding hydrogens is 284 g/mol. The Labute approximate surface area is 132 Å². The van der Waals surface area contributed by atoms with E-state index in [0.29, 0.717) is 12.1 Å². The fraction of sp³-hybridized carbons (Fsp3) is 0.812. The first kappa shape index (κ1) is 16.3. The second-order valence-electron chi connectivity index (χ2n) is 6.97. The molecule has 1 saturated carbocycles. The number of hydrogen-bond acceptors (Lipinski definition) is 4. The summed E-state index contributed by atoms with van der Waals surface area (Å²) < 4.78 is 0. The molecular formula is C16H28N2S2. The van der Waals surface area contributed by atoms with E-state index in [1.807, 2.05) is 23.1 Å². The quantitative estimate of drug-likeness (QED) is 0.873. The van der Waals surface area contributed by atoms with Crippen LogP contribution in [0.4, 0.5) is 0 Å². The number of nitrogens with one attached hydrogen (secondary N) is 1. The van der Waals surface area contributed by atoms with Crippen LogP contribution >= 0.6 is 23.1 Å². The van der Waals surface area contributed by atoms with Crippen LogP contribution in [0.15, 0.2) is 0 Å². The Hall–Kier alpha value is -0.0600. The van der Waals surface area contributed by atoms with Gasteiger partial charge >= 0.3 is 0 Å². The molecule has 0 aliphatic heterocycles. The SMILES string of the molecule is CS[C@@H]1CC[C@H](N[C@H](C)c2sc(C(C)(C)C)nc2C)C1. The topological polar surface area (TPSA) is 24.9 Å². The minimum Gasteiger partial charge on any atom is -0.307 e. The lowest BCUT2D eigenvalue weighted by atomic mass is 9.98. The van der Waals surface area contributed by atoms with E-state index >= 15 is 0 Å². The number of hydrogen-bond donors (Lipinski definition) is 1. The van der Waals surface area contributed by atoms with Gasteiger partial charge in [0.15, 0.2) is 0 Å². The van der Waals surface area contributed by atoms with Crippen LogP contribution in [-0.2, 0) is 5.41 Å². The van der Waals surface area contributed by atoms with E-state index in [1.54, 1.807) is 0 Å². The van der Waals surface area contributed by atoms with Gasteiger partial charge in [-0.3, -0.25) is 0 Å². The Morgan fingerprint density at radius 3 is 2.55 bits per heavy atom. The number of thioether (sulfide) groups is 1. The Balaban J connectivity index is 2.03. The Morgan fingerprint density at radius 1 is 1.35 bits per heavy atom. The van der Waals surface area contributed by atoms with Crippen molar-refractivity contribution < 1.29 is 0 Å². The molecule has 2 rings (SSSR count). The molecule has 1 aromatic heterocycles. The molecule has 0 radical (unpaired) electrons. The molecule has 114 valence electrons. The van der Waals surface area contributed by atoms with Gasteiger partial charge in [-0.25, -0.2) is 4.98 Å². The van der Waals surface area contributed by atoms with Crippen molar-refractivity contribution in [3.63, 3.8) is 0 Å². The summed E-state index contributed by atoms with van der Waals surface area (Å²) in [6.07, 6.45) is 6.23. The molecule has 1 aliphatic rings. The molecule has 2 nitrogen and oxygen atoms in total. The van der Waals surface area contributed by atoms with Crippen LogP contribution in [0.5, 0.6) is 0 Å². The summed E-state index contributed by atoms with van der Waals surface area (Å²) in [7, 11) is 0. The highest BCUT2D eigenvalue weighted by Gasteiger charge is 2.27. The van der Waals surface area contributed by atoms with Crippen molar-refractivity contribution >= 4 is 23.1 Å². The first-order valence-electron chi connectivity index (χ1n) is 7.58. The lowest BCUT2D eigenvalue weighted by Gasteiger charge is -2.19. The monoisotopic (exact) mass is 312 g/mol. The molecule has 1 heterocycles. The molecule has 0 amide bonds. The van der Waals surface area contributed by atoms with Crippen molar-refractivity contribution in [3.8, 4) is 0 Å². The van der Waals surface area contributed by atoms with E-state index < -0.39 is 0 Å². The summed E-state index contributed by atoms with van der Waals surface area (Å²) in [5, 5.41) is 5.93. The van der Waals surface area contributed by atoms with Crippen LogP contribution in [-0.4, -0.2) is 22.5 Å². The van der Waals surface area contributed by atoms with Crippen molar-refractivity contribution in [2.45, 2.75) is 76.6 Å². The molecule has 0 bridgehead atoms. The van der Waals surface area contributed by atoms with E-state index in [0.717, 1.165) is 5.25 Å². The maximum absolute atomic E-state index is 4.78. The Morgan fingerprint density at radius 2 is 2.05 bits per heavy atom. The smallest absolute Gasteiger partial charge is 0.0985 e. The zero-order valence-electron chi connectivity index (χ0n) is 13.6. The van der Waals surface area contributed by atoms with Gasteiger partial charge in [0.2, 0.25) is 0 Å². The maximum Gasteiger partial charge on any atom is 0.0985 e. The summed E-state index contributed by atoms with van der Waals surface area (Å²) in [5.74, 6) is 0. The van der Waals surface area contributed by atoms with Gasteiger partial charge in [0, 0.05) is 27.6 Å². The van der Waals surface area contributed by atoms with Gasteiger partial charge in [-0.15, -0.1) is 11.3 Å². The molecule has 1 N–H and O–H groups in total. The number of rotatable bonds is 4. The van der Waals surface area contributed by atoms with Crippen LogP contribution in [0.3, 0.4) is 0 Å². The van der Waals surface area contributed by atoms with Crippen LogP contribution in [0.2, 0.25) is 0 Å². The first-order chi connectivity index (χ1) is 9.31. The summed E-state index contributed by atoms with van der Waals surface area (Å²) in [4.78, 5) is 6.20. The second kappa shape index (κ2) is 6.37. The molecule has 0 aromatic carbocycles. The third-order valence-corrected chi connectivity index (χ3v) is 6.93. The van der Waals surface area contributed by atoms with Gasteiger partial charge in [0.1, 0.15) is 0 Å². The predicted molar refractivity (Wildman–Crippen MR) is 92.0 cm³/mol. The normalized spacial score (nSPS) is 25.1. The molecule has 0 spiro atoms. The van der Waals surface area contributed by atoms with Gasteiger partial charge in [-0.05, 0) is 39.4 Å². The summed E-state index contributed by atoms with van der Waals surface area (Å²) >= 11 is 3.91. The van der Waals surface area contributed by atoms with Crippen molar-refractivity contribution in [2.24, 2.45) is 0 Å². The van der Waals surface area contributed by atoms with Gasteiger partial charge < -0.3 is 5.32 Å². The van der Waals surface area contributed by atoms with Crippen LogP contribution in [0, 0.1) is 6.92 Å². The van der Waals surface area contributed by atoms with E-state index in [4.69, 9.17) is 4.98 Å². The minimum absolute atomic E-state index is 0.157. The average Bonchev–Trinajstić information content (AvgIpc) is 2.94. The number of aromatic nitrogens is 1. The first-order valence-corrected chi connectivity index (χ1v) is 9.68. The minimum atomic E-state index is 0.157. The second-order valence-corrected chi connectivity index (χ2v) is 9.14. The Kier molecular flexibility index (Phi) is 5.19. The standard InChI is InChI=1S/C16H28N2S2/c1-10(17-12-7-8-13(9-12)19-6)14-11(2)18-15(20-14)16(3,4)5/h10,12-13,17H,7-9H2,1-6H3/t10-,12+,13-/m1/s1. The van der Waals surface area contributed by atoms with Gasteiger partial charge in [0.25, 0.3) is 0 Å². The third kappa shape index (κ3) is 3.77. The lowest BCUT2D eigenvalue weighted by molar-refractivity contribution is 0.465. The fourth-order valence-electron chi connectivity index (χ4n) is 2.87. The van der Waals surface area contributed by atoms with Gasteiger partial charge in [-0.2, -0.15) is 11.8 Å². The number of thiazole rings is 1. The van der Waals surface area contributed by atoms with Crippen LogP contribution in [0.25, 0.3) is 0 Å². The lowest BCUT2D eigenvalue weighted by Crippen LogP contribution is -2.29. The number of nitrogens with zero attached hydrogens (tertiary/aromatic N) is 1. The van der Waals surface area contributed by atoms with E-state index in [9.17, 15) is 0 Å². The molecule has 1 aromatic rings. The Bertz CT molecular complexity index is 448. The highest BCUT2D eigenvalue weighted by atomic mass is 32.2. The molecule has 1 aliphatic carbocycles. The third-order valence-electron chi connectivity index (χ3n) is 4.07. The summed E-state index contributed by atoms with van der Waals surface area (Å²) in [6, 6.07) is 1.11. The van der Waals surface area contributed by atoms with Crippen LogP contribution in [0.1, 0.15) is 68.6 Å². The maximum atomic E-state index is 4.78. The van der Waals surface area contributed by atoms with E-state index in [2.05, 4.69) is 46.2 Å². The largest absolute Gasteiger partial charge is 0.307 e. The van der Waals surface area contributed by atoms with Crippen molar-refractivity contribution in [1.82, 2.24) is 10.3 Å². The molecule has 1 fully saturated rings. The van der Waals surface area contributed by atoms with Crippen molar-refractivity contribution in [1.29, 1.82) is 0 Å². The predicted octanol–water partition coefficient (Wildman–Crippen LogP) is 4.68.